The van der Waals surface area contributed by atoms with Crippen LogP contribution in [0.5, 0.6) is 0 Å². The number of likely N-dealkylation sites (N-methyl/N-ethyl adjacent to an activating group) is 1. The second kappa shape index (κ2) is 10.1. The first kappa shape index (κ1) is 23.5. The third-order valence-corrected chi connectivity index (χ3v) is 6.31. The van der Waals surface area contributed by atoms with Gasteiger partial charge in [-0.05, 0) is 37.6 Å². The Morgan fingerprint density at radius 3 is 2.56 bits per heavy atom. The highest BCUT2D eigenvalue weighted by atomic mass is 32.2. The highest BCUT2D eigenvalue weighted by molar-refractivity contribution is 7.99. The summed E-state index contributed by atoms with van der Waals surface area (Å²) in [5.74, 6) is 0.0432. The first-order valence-corrected chi connectivity index (χ1v) is 12.0. The van der Waals surface area contributed by atoms with Crippen molar-refractivity contribution in [1.29, 1.82) is 0 Å². The van der Waals surface area contributed by atoms with Crippen LogP contribution < -0.4 is 10.9 Å². The van der Waals surface area contributed by atoms with Crippen molar-refractivity contribution < 1.29 is 9.59 Å². The van der Waals surface area contributed by atoms with Crippen LogP contribution in [0.25, 0.3) is 16.7 Å². The lowest BCUT2D eigenvalue weighted by atomic mass is 10.2. The Labute approximate surface area is 200 Å². The van der Waals surface area contributed by atoms with E-state index in [0.717, 1.165) is 12.0 Å². The monoisotopic (exact) mass is 478 g/mol. The Morgan fingerprint density at radius 2 is 1.82 bits per heavy atom. The standard InChI is InChI=1S/C24H26N6O3S/c1-4-13-29-22(33)18-7-5-6-8-19(18)30-23(29)26-27-24(30)34-15-21(32)28(3)14-20(31)25-17-11-9-16(2)10-12-17/h5-12H,4,13-15H2,1-3H3,(H,25,31). The minimum absolute atomic E-state index is 0.0627. The fraction of sp³-hybridized carbons (Fsp3) is 0.292. The smallest absolute Gasteiger partial charge is 0.262 e. The maximum atomic E-state index is 12.9. The van der Waals surface area contributed by atoms with Crippen LogP contribution in [0.4, 0.5) is 5.69 Å². The predicted octanol–water partition coefficient (Wildman–Crippen LogP) is 2.95. The predicted molar refractivity (Wildman–Crippen MR) is 133 cm³/mol. The molecule has 0 spiro atoms. The van der Waals surface area contributed by atoms with Crippen molar-refractivity contribution in [2.45, 2.75) is 32.0 Å². The third kappa shape index (κ3) is 4.81. The molecule has 4 aromatic rings. The van der Waals surface area contributed by atoms with Gasteiger partial charge >= 0.3 is 0 Å². The van der Waals surface area contributed by atoms with Crippen LogP contribution in [0.1, 0.15) is 18.9 Å². The molecule has 4 rings (SSSR count). The van der Waals surface area contributed by atoms with E-state index in [1.54, 1.807) is 17.7 Å². The second-order valence-corrected chi connectivity index (χ2v) is 8.99. The summed E-state index contributed by atoms with van der Waals surface area (Å²) in [6.45, 7) is 4.42. The van der Waals surface area contributed by atoms with Crippen molar-refractivity contribution in [3.05, 3.63) is 64.4 Å². The summed E-state index contributed by atoms with van der Waals surface area (Å²) >= 11 is 1.22. The van der Waals surface area contributed by atoms with Gasteiger partial charge in [-0.1, -0.05) is 48.5 Å². The third-order valence-electron chi connectivity index (χ3n) is 5.39. The number of hydrogen-bond donors (Lipinski definition) is 1. The number of nitrogens with zero attached hydrogens (tertiary/aromatic N) is 5. The molecule has 0 aliphatic rings. The van der Waals surface area contributed by atoms with Gasteiger partial charge in [-0.25, -0.2) is 0 Å². The Kier molecular flexibility index (Phi) is 6.97. The molecule has 2 aromatic carbocycles. The normalized spacial score (nSPS) is 11.1. The summed E-state index contributed by atoms with van der Waals surface area (Å²) in [5, 5.41) is 12.4. The second-order valence-electron chi connectivity index (χ2n) is 8.04. The van der Waals surface area contributed by atoms with Crippen molar-refractivity contribution in [2.75, 3.05) is 24.7 Å². The molecule has 2 heterocycles. The molecule has 0 atom stereocenters. The summed E-state index contributed by atoms with van der Waals surface area (Å²) in [6.07, 6.45) is 0.775. The highest BCUT2D eigenvalue weighted by Crippen LogP contribution is 2.22. The molecule has 10 heteroatoms. The number of nitrogens with one attached hydrogen (secondary N) is 1. The minimum atomic E-state index is -0.271. The van der Waals surface area contributed by atoms with Crippen molar-refractivity contribution in [2.24, 2.45) is 0 Å². The Morgan fingerprint density at radius 1 is 1.09 bits per heavy atom. The number of aromatic nitrogens is 4. The average molecular weight is 479 g/mol. The maximum absolute atomic E-state index is 12.9. The molecule has 0 radical (unpaired) electrons. The van der Waals surface area contributed by atoms with Crippen molar-refractivity contribution >= 4 is 45.9 Å². The molecular weight excluding hydrogens is 452 g/mol. The van der Waals surface area contributed by atoms with Crippen LogP contribution >= 0.6 is 11.8 Å². The van der Waals surface area contributed by atoms with Gasteiger partial charge in [0.25, 0.3) is 5.56 Å². The number of benzene rings is 2. The van der Waals surface area contributed by atoms with E-state index in [2.05, 4.69) is 15.5 Å². The van der Waals surface area contributed by atoms with Gasteiger partial charge in [0.15, 0.2) is 5.16 Å². The van der Waals surface area contributed by atoms with Crippen LogP contribution in [0.3, 0.4) is 0 Å². The van der Waals surface area contributed by atoms with E-state index < -0.39 is 0 Å². The average Bonchev–Trinajstić information content (AvgIpc) is 3.25. The number of rotatable bonds is 8. The van der Waals surface area contributed by atoms with E-state index in [1.165, 1.54) is 16.7 Å². The van der Waals surface area contributed by atoms with E-state index in [-0.39, 0.29) is 29.7 Å². The number of carbonyl (C=O) groups is 2. The number of para-hydroxylation sites is 1. The maximum Gasteiger partial charge on any atom is 0.262 e. The molecule has 0 saturated carbocycles. The van der Waals surface area contributed by atoms with Crippen molar-refractivity contribution in [3.8, 4) is 0 Å². The number of aryl methyl sites for hydroxylation is 2. The molecule has 0 fully saturated rings. The van der Waals surface area contributed by atoms with Crippen LogP contribution in [0.2, 0.25) is 0 Å². The van der Waals surface area contributed by atoms with Gasteiger partial charge in [0.05, 0.1) is 23.2 Å². The Hall–Kier alpha value is -3.66. The first-order valence-electron chi connectivity index (χ1n) is 11.0. The summed E-state index contributed by atoms with van der Waals surface area (Å²) in [7, 11) is 1.59. The molecule has 2 amide bonds. The van der Waals surface area contributed by atoms with Gasteiger partial charge in [0.1, 0.15) is 0 Å². The number of thioether (sulfide) groups is 1. The molecule has 0 saturated heterocycles. The summed E-state index contributed by atoms with van der Waals surface area (Å²) in [4.78, 5) is 39.3. The van der Waals surface area contributed by atoms with Gasteiger partial charge in [0.2, 0.25) is 17.6 Å². The van der Waals surface area contributed by atoms with E-state index in [1.807, 2.05) is 60.7 Å². The zero-order valence-electron chi connectivity index (χ0n) is 19.3. The van der Waals surface area contributed by atoms with E-state index in [9.17, 15) is 14.4 Å². The molecule has 0 aliphatic carbocycles. The quantitative estimate of drug-likeness (QED) is 0.391. The lowest BCUT2D eigenvalue weighted by molar-refractivity contribution is -0.131. The van der Waals surface area contributed by atoms with Gasteiger partial charge in [-0.3, -0.25) is 23.4 Å². The Balaban J connectivity index is 1.48. The van der Waals surface area contributed by atoms with Crippen LogP contribution in [-0.4, -0.2) is 55.2 Å². The molecular formula is C24H26N6O3S. The molecule has 9 nitrogen and oxygen atoms in total. The first-order chi connectivity index (χ1) is 16.4. The fourth-order valence-electron chi connectivity index (χ4n) is 3.63. The summed E-state index contributed by atoms with van der Waals surface area (Å²) in [6, 6.07) is 14.8. The van der Waals surface area contributed by atoms with Crippen LogP contribution in [-0.2, 0) is 16.1 Å². The molecule has 0 unspecified atom stereocenters. The van der Waals surface area contributed by atoms with Crippen LogP contribution in [0.15, 0.2) is 58.5 Å². The summed E-state index contributed by atoms with van der Waals surface area (Å²) < 4.78 is 3.43. The van der Waals surface area contributed by atoms with Gasteiger partial charge < -0.3 is 10.2 Å². The van der Waals surface area contributed by atoms with Crippen LogP contribution in [0, 0.1) is 6.92 Å². The number of hydrogen-bond acceptors (Lipinski definition) is 6. The molecule has 2 aromatic heterocycles. The SMILES string of the molecule is CCCn1c(=O)c2ccccc2n2c(SCC(=O)N(C)CC(=O)Nc3ccc(C)cc3)nnc12. The zero-order valence-corrected chi connectivity index (χ0v) is 20.1. The number of amides is 2. The number of carbonyl (C=O) groups excluding carboxylic acids is 2. The fourth-order valence-corrected chi connectivity index (χ4v) is 4.51. The highest BCUT2D eigenvalue weighted by Gasteiger charge is 2.19. The lowest BCUT2D eigenvalue weighted by Gasteiger charge is -2.16. The zero-order chi connectivity index (χ0) is 24.2. The topological polar surface area (TPSA) is 102 Å². The number of fused-ring (bicyclic) bond motifs is 3. The summed E-state index contributed by atoms with van der Waals surface area (Å²) in [5.41, 5.74) is 2.37. The lowest BCUT2D eigenvalue weighted by Crippen LogP contribution is -2.36. The van der Waals surface area contributed by atoms with E-state index >= 15 is 0 Å². The molecule has 0 bridgehead atoms. The Bertz CT molecular complexity index is 1410. The van der Waals surface area contributed by atoms with Crippen molar-refractivity contribution in [3.63, 3.8) is 0 Å². The van der Waals surface area contributed by atoms with Crippen molar-refractivity contribution in [1.82, 2.24) is 24.1 Å². The van der Waals surface area contributed by atoms with E-state index in [0.29, 0.717) is 34.1 Å². The van der Waals surface area contributed by atoms with Gasteiger partial charge in [-0.2, -0.15) is 0 Å². The van der Waals surface area contributed by atoms with Gasteiger partial charge in [0, 0.05) is 19.3 Å². The van der Waals surface area contributed by atoms with E-state index in [4.69, 9.17) is 0 Å². The largest absolute Gasteiger partial charge is 0.336 e. The number of anilines is 1. The molecule has 1 N–H and O–H groups in total. The van der Waals surface area contributed by atoms with Gasteiger partial charge in [-0.15, -0.1) is 10.2 Å². The molecule has 34 heavy (non-hydrogen) atoms. The molecule has 176 valence electrons. The molecule has 0 aliphatic heterocycles. The minimum Gasteiger partial charge on any atom is -0.336 e.